The lowest BCUT2D eigenvalue weighted by molar-refractivity contribution is 0.100. The van der Waals surface area contributed by atoms with Crippen LogP contribution in [0.5, 0.6) is 0 Å². The van der Waals surface area contributed by atoms with E-state index in [9.17, 15) is 4.79 Å². The highest BCUT2D eigenvalue weighted by Crippen LogP contribution is 2.27. The monoisotopic (exact) mass is 250 g/mol. The fourth-order valence-electron chi connectivity index (χ4n) is 2.08. The third kappa shape index (κ3) is 2.91. The van der Waals surface area contributed by atoms with Crippen molar-refractivity contribution < 1.29 is 4.79 Å². The highest BCUT2D eigenvalue weighted by molar-refractivity contribution is 5.99. The van der Waals surface area contributed by atoms with Crippen molar-refractivity contribution in [1.82, 2.24) is 4.98 Å². The molecule has 18 heavy (non-hydrogen) atoms. The summed E-state index contributed by atoms with van der Waals surface area (Å²) >= 11 is 0. The summed E-state index contributed by atoms with van der Waals surface area (Å²) in [6.45, 7) is 6.36. The summed E-state index contributed by atoms with van der Waals surface area (Å²) in [6, 6.07) is 1.51. The van der Waals surface area contributed by atoms with Crippen molar-refractivity contribution in [3.8, 4) is 0 Å². The van der Waals surface area contributed by atoms with Gasteiger partial charge < -0.3 is 16.8 Å². The molecule has 5 nitrogen and oxygen atoms in total. The molecule has 1 heterocycles. The first-order valence-corrected chi connectivity index (χ1v) is 6.31. The molecule has 0 radical (unpaired) electrons. The van der Waals surface area contributed by atoms with Gasteiger partial charge in [0.05, 0.1) is 17.4 Å². The molecule has 0 saturated carbocycles. The van der Waals surface area contributed by atoms with E-state index in [4.69, 9.17) is 11.5 Å². The van der Waals surface area contributed by atoms with Crippen molar-refractivity contribution in [3.63, 3.8) is 0 Å². The SMILES string of the molecule is CCC(CC)(CC)Nc1cnc(N)cc1C(N)=O. The standard InChI is InChI=1S/C13H22N4O/c1-4-13(5-2,6-3)17-10-8-16-11(14)7-9(10)12(15)18/h7-8,17H,4-6H2,1-3H3,(H2,14,16)(H2,15,18). The van der Waals surface area contributed by atoms with Crippen molar-refractivity contribution >= 4 is 17.4 Å². The maximum atomic E-state index is 11.4. The van der Waals surface area contributed by atoms with Gasteiger partial charge in [0.15, 0.2) is 0 Å². The number of aromatic nitrogens is 1. The summed E-state index contributed by atoms with van der Waals surface area (Å²) in [7, 11) is 0. The summed E-state index contributed by atoms with van der Waals surface area (Å²) in [4.78, 5) is 15.4. The van der Waals surface area contributed by atoms with E-state index in [0.717, 1.165) is 19.3 Å². The van der Waals surface area contributed by atoms with E-state index in [1.807, 2.05) is 0 Å². The third-order valence-corrected chi connectivity index (χ3v) is 3.62. The molecule has 0 atom stereocenters. The normalized spacial score (nSPS) is 11.3. The van der Waals surface area contributed by atoms with Gasteiger partial charge in [-0.15, -0.1) is 0 Å². The van der Waals surface area contributed by atoms with Crippen molar-refractivity contribution in [2.45, 2.75) is 45.6 Å². The zero-order valence-corrected chi connectivity index (χ0v) is 11.3. The minimum Gasteiger partial charge on any atom is -0.384 e. The number of hydrogen-bond acceptors (Lipinski definition) is 4. The summed E-state index contributed by atoms with van der Waals surface area (Å²) in [5.41, 5.74) is 12.0. The van der Waals surface area contributed by atoms with Crippen LogP contribution in [0.25, 0.3) is 0 Å². The van der Waals surface area contributed by atoms with Gasteiger partial charge in [-0.3, -0.25) is 4.79 Å². The average Bonchev–Trinajstić information content (AvgIpc) is 2.37. The van der Waals surface area contributed by atoms with Crippen molar-refractivity contribution in [2.75, 3.05) is 11.1 Å². The Labute approximate surface area is 108 Å². The first-order chi connectivity index (χ1) is 8.48. The number of nitrogens with one attached hydrogen (secondary N) is 1. The molecule has 1 aromatic rings. The number of anilines is 2. The molecule has 0 fully saturated rings. The number of nitrogen functional groups attached to an aromatic ring is 1. The van der Waals surface area contributed by atoms with Crippen molar-refractivity contribution in [3.05, 3.63) is 17.8 Å². The highest BCUT2D eigenvalue weighted by atomic mass is 16.1. The number of primary amides is 1. The predicted molar refractivity (Wildman–Crippen MR) is 74.4 cm³/mol. The van der Waals surface area contributed by atoms with Crippen LogP contribution in [-0.4, -0.2) is 16.4 Å². The molecule has 1 aromatic heterocycles. The van der Waals surface area contributed by atoms with Gasteiger partial charge in [0.1, 0.15) is 5.82 Å². The highest BCUT2D eigenvalue weighted by Gasteiger charge is 2.25. The van der Waals surface area contributed by atoms with E-state index in [1.54, 1.807) is 6.20 Å². The van der Waals surface area contributed by atoms with Crippen LogP contribution in [0.4, 0.5) is 11.5 Å². The van der Waals surface area contributed by atoms with Crippen LogP contribution in [0, 0.1) is 0 Å². The summed E-state index contributed by atoms with van der Waals surface area (Å²) in [5, 5.41) is 3.40. The van der Waals surface area contributed by atoms with Crippen LogP contribution in [0.1, 0.15) is 50.4 Å². The molecular formula is C13H22N4O. The maximum absolute atomic E-state index is 11.4. The second-order valence-corrected chi connectivity index (χ2v) is 4.48. The van der Waals surface area contributed by atoms with E-state index in [1.165, 1.54) is 6.07 Å². The third-order valence-electron chi connectivity index (χ3n) is 3.62. The van der Waals surface area contributed by atoms with Gasteiger partial charge in [-0.05, 0) is 25.3 Å². The molecule has 5 heteroatoms. The fraction of sp³-hybridized carbons (Fsp3) is 0.538. The van der Waals surface area contributed by atoms with Gasteiger partial charge in [-0.2, -0.15) is 0 Å². The Balaban J connectivity index is 3.13. The Morgan fingerprint density at radius 3 is 2.33 bits per heavy atom. The number of carbonyl (C=O) groups excluding carboxylic acids is 1. The molecule has 1 rings (SSSR count). The van der Waals surface area contributed by atoms with Crippen LogP contribution in [-0.2, 0) is 0 Å². The van der Waals surface area contributed by atoms with Gasteiger partial charge in [-0.25, -0.2) is 4.98 Å². The molecule has 0 unspecified atom stereocenters. The van der Waals surface area contributed by atoms with E-state index < -0.39 is 5.91 Å². The first-order valence-electron chi connectivity index (χ1n) is 6.31. The number of rotatable bonds is 6. The second kappa shape index (κ2) is 5.71. The Kier molecular flexibility index (Phi) is 4.53. The number of nitrogens with zero attached hydrogens (tertiary/aromatic N) is 1. The molecule has 0 aromatic carbocycles. The van der Waals surface area contributed by atoms with Gasteiger partial charge in [0.2, 0.25) is 0 Å². The van der Waals surface area contributed by atoms with Crippen molar-refractivity contribution in [2.24, 2.45) is 5.73 Å². The number of carbonyl (C=O) groups is 1. The lowest BCUT2D eigenvalue weighted by atomic mass is 9.89. The molecule has 0 aliphatic carbocycles. The molecule has 1 amide bonds. The molecular weight excluding hydrogens is 228 g/mol. The Hall–Kier alpha value is -1.78. The van der Waals surface area contributed by atoms with Crippen LogP contribution in [0.15, 0.2) is 12.3 Å². The fourth-order valence-corrected chi connectivity index (χ4v) is 2.08. The minimum absolute atomic E-state index is 0.0397. The number of amides is 1. The minimum atomic E-state index is -0.496. The Morgan fingerprint density at radius 2 is 1.89 bits per heavy atom. The van der Waals surface area contributed by atoms with Gasteiger partial charge in [-0.1, -0.05) is 20.8 Å². The van der Waals surface area contributed by atoms with Crippen LogP contribution in [0.2, 0.25) is 0 Å². The van der Waals surface area contributed by atoms with E-state index in [2.05, 4.69) is 31.1 Å². The average molecular weight is 250 g/mol. The van der Waals surface area contributed by atoms with Crippen LogP contribution in [0.3, 0.4) is 0 Å². The molecule has 0 bridgehead atoms. The molecule has 0 spiro atoms. The van der Waals surface area contributed by atoms with E-state index >= 15 is 0 Å². The molecule has 0 aliphatic rings. The molecule has 100 valence electrons. The maximum Gasteiger partial charge on any atom is 0.250 e. The predicted octanol–water partition coefficient (Wildman–Crippen LogP) is 2.14. The topological polar surface area (TPSA) is 94.0 Å². The smallest absolute Gasteiger partial charge is 0.250 e. The first kappa shape index (κ1) is 14.3. The van der Waals surface area contributed by atoms with Crippen LogP contribution < -0.4 is 16.8 Å². The zero-order chi connectivity index (χ0) is 13.8. The molecule has 0 saturated heterocycles. The quantitative estimate of drug-likeness (QED) is 0.721. The zero-order valence-electron chi connectivity index (χ0n) is 11.3. The summed E-state index contributed by atoms with van der Waals surface area (Å²) in [6.07, 6.45) is 4.46. The molecule has 0 aliphatic heterocycles. The molecule has 5 N–H and O–H groups in total. The Bertz CT molecular complexity index is 419. The number of hydrogen-bond donors (Lipinski definition) is 3. The lowest BCUT2D eigenvalue weighted by Gasteiger charge is -2.33. The van der Waals surface area contributed by atoms with E-state index in [-0.39, 0.29) is 5.54 Å². The van der Waals surface area contributed by atoms with Gasteiger partial charge >= 0.3 is 0 Å². The van der Waals surface area contributed by atoms with Crippen LogP contribution >= 0.6 is 0 Å². The largest absolute Gasteiger partial charge is 0.384 e. The number of nitrogens with two attached hydrogens (primary N) is 2. The number of pyridine rings is 1. The second-order valence-electron chi connectivity index (χ2n) is 4.48. The lowest BCUT2D eigenvalue weighted by Crippen LogP contribution is -2.37. The summed E-state index contributed by atoms with van der Waals surface area (Å²) in [5.74, 6) is -0.201. The Morgan fingerprint density at radius 1 is 1.33 bits per heavy atom. The van der Waals surface area contributed by atoms with Gasteiger partial charge in [0, 0.05) is 5.54 Å². The van der Waals surface area contributed by atoms with Crippen molar-refractivity contribution in [1.29, 1.82) is 0 Å². The van der Waals surface area contributed by atoms with Gasteiger partial charge in [0.25, 0.3) is 5.91 Å². The van der Waals surface area contributed by atoms with E-state index in [0.29, 0.717) is 17.1 Å². The summed E-state index contributed by atoms with van der Waals surface area (Å²) < 4.78 is 0.